The maximum atomic E-state index is 14.5. The molecule has 0 bridgehead atoms. The zero-order valence-corrected chi connectivity index (χ0v) is 19.6. The van der Waals surface area contributed by atoms with Gasteiger partial charge in [0.15, 0.2) is 11.6 Å². The Kier molecular flexibility index (Phi) is 12.7. The number of carbonyl (C=O) groups excluding carboxylic acids is 1. The van der Waals surface area contributed by atoms with E-state index in [1.54, 1.807) is 13.0 Å². The van der Waals surface area contributed by atoms with E-state index >= 15 is 0 Å². The lowest BCUT2D eigenvalue weighted by Gasteiger charge is -2.21. The first-order valence-electron chi connectivity index (χ1n) is 11.3. The molecule has 0 spiro atoms. The summed E-state index contributed by atoms with van der Waals surface area (Å²) in [5.74, 6) is 0.0442. The predicted molar refractivity (Wildman–Crippen MR) is 126 cm³/mol. The number of carboxylic acid groups (broad SMARTS) is 1. The average molecular weight is 446 g/mol. The summed E-state index contributed by atoms with van der Waals surface area (Å²) in [5, 5.41) is 9.85. The molecule has 1 aliphatic carbocycles. The Morgan fingerprint density at radius 1 is 1.12 bits per heavy atom. The van der Waals surface area contributed by atoms with Gasteiger partial charge in [-0.15, -0.1) is 0 Å². The topological polar surface area (TPSA) is 75.6 Å². The number of hydrogen-bond donors (Lipinski definition) is 2. The molecule has 0 saturated heterocycles. The van der Waals surface area contributed by atoms with Crippen LogP contribution in [-0.2, 0) is 11.4 Å². The van der Waals surface area contributed by atoms with Crippen LogP contribution in [0.5, 0.6) is 5.75 Å². The van der Waals surface area contributed by atoms with Crippen molar-refractivity contribution in [2.75, 3.05) is 6.54 Å². The summed E-state index contributed by atoms with van der Waals surface area (Å²) in [4.78, 5) is 20.8. The van der Waals surface area contributed by atoms with E-state index in [0.717, 1.165) is 5.56 Å². The van der Waals surface area contributed by atoms with Crippen molar-refractivity contribution in [1.82, 2.24) is 5.32 Å². The summed E-state index contributed by atoms with van der Waals surface area (Å²) < 4.78 is 20.2. The van der Waals surface area contributed by atoms with E-state index in [-0.39, 0.29) is 18.1 Å². The molecule has 6 heteroatoms. The minimum Gasteiger partial charge on any atom is -0.486 e. The highest BCUT2D eigenvalue weighted by Gasteiger charge is 2.17. The van der Waals surface area contributed by atoms with Gasteiger partial charge in [-0.25, -0.2) is 4.39 Å². The Bertz CT molecular complexity index is 807. The van der Waals surface area contributed by atoms with Gasteiger partial charge in [-0.3, -0.25) is 9.59 Å². The van der Waals surface area contributed by atoms with Gasteiger partial charge in [0, 0.05) is 12.1 Å². The van der Waals surface area contributed by atoms with Crippen LogP contribution < -0.4 is 10.1 Å². The average Bonchev–Trinajstić information content (AvgIpc) is 2.80. The van der Waals surface area contributed by atoms with Crippen LogP contribution in [-0.4, -0.2) is 24.0 Å². The smallest absolute Gasteiger partial charge is 0.290 e. The molecule has 32 heavy (non-hydrogen) atoms. The van der Waals surface area contributed by atoms with Gasteiger partial charge in [0.05, 0.1) is 0 Å². The zero-order chi connectivity index (χ0) is 23.9. The lowest BCUT2D eigenvalue weighted by Crippen LogP contribution is -2.30. The van der Waals surface area contributed by atoms with Crippen LogP contribution in [0.25, 0.3) is 0 Å². The number of carbonyl (C=O) groups is 2. The van der Waals surface area contributed by atoms with Crippen molar-refractivity contribution in [3.05, 3.63) is 64.5 Å². The number of hydrogen-bond acceptors (Lipinski definition) is 3. The second kappa shape index (κ2) is 15.0. The van der Waals surface area contributed by atoms with Crippen LogP contribution in [0.3, 0.4) is 0 Å². The van der Waals surface area contributed by atoms with Crippen LogP contribution in [0.15, 0.2) is 36.4 Å². The number of rotatable bonds is 6. The highest BCUT2D eigenvalue weighted by molar-refractivity contribution is 5.94. The lowest BCUT2D eigenvalue weighted by atomic mass is 9.89. The van der Waals surface area contributed by atoms with Gasteiger partial charge in [-0.1, -0.05) is 62.9 Å². The predicted octanol–water partition coefficient (Wildman–Crippen LogP) is 6.06. The quantitative estimate of drug-likeness (QED) is 0.530. The summed E-state index contributed by atoms with van der Waals surface area (Å²) in [5.41, 5.74) is 3.13. The fraction of sp³-hybridized carbons (Fsp3) is 0.462. The normalized spacial score (nSPS) is 13.0. The standard InChI is InChI=1S/C23H28FNO2.C2H6.CH2O2/c1-16-8-10-19(11-9-16)15-27-22-17(2)12-20(13-21(22)24)23(26)25-14-18-6-4-3-5-7-18;1-2;2-1-3/h8-13,18H,3-7,14-15H2,1-2H3,(H,25,26);1-2H3;1H,(H,2,3). The third-order valence-corrected chi connectivity index (χ3v) is 5.27. The molecule has 1 saturated carbocycles. The molecule has 0 atom stereocenters. The number of halogens is 1. The Morgan fingerprint density at radius 2 is 1.72 bits per heavy atom. The molecular weight excluding hydrogens is 409 g/mol. The molecule has 0 aromatic heterocycles. The fourth-order valence-corrected chi connectivity index (χ4v) is 3.61. The lowest BCUT2D eigenvalue weighted by molar-refractivity contribution is -0.122. The van der Waals surface area contributed by atoms with Gasteiger partial charge in [-0.2, -0.15) is 0 Å². The molecule has 1 amide bonds. The second-order valence-corrected chi connectivity index (χ2v) is 7.70. The molecule has 2 aromatic rings. The van der Waals surface area contributed by atoms with E-state index in [0.29, 0.717) is 30.2 Å². The summed E-state index contributed by atoms with van der Waals surface area (Å²) in [6, 6.07) is 10.9. The van der Waals surface area contributed by atoms with Gasteiger partial charge < -0.3 is 15.2 Å². The zero-order valence-electron chi connectivity index (χ0n) is 19.6. The molecule has 0 radical (unpaired) electrons. The molecule has 0 unspecified atom stereocenters. The van der Waals surface area contributed by atoms with Gasteiger partial charge in [0.1, 0.15) is 6.61 Å². The molecular formula is C26H36FNO4. The van der Waals surface area contributed by atoms with Crippen molar-refractivity contribution in [2.24, 2.45) is 5.92 Å². The van der Waals surface area contributed by atoms with E-state index in [2.05, 4.69) is 5.32 Å². The van der Waals surface area contributed by atoms with Crippen LogP contribution in [0.1, 0.15) is 73.0 Å². The first-order valence-corrected chi connectivity index (χ1v) is 11.3. The Labute approximate surface area is 191 Å². The SMILES string of the molecule is CC.Cc1ccc(COc2c(C)cc(C(=O)NCC3CCCCC3)cc2F)cc1.O=CO. The van der Waals surface area contributed by atoms with Crippen LogP contribution >= 0.6 is 0 Å². The largest absolute Gasteiger partial charge is 0.486 e. The van der Waals surface area contributed by atoms with Crippen molar-refractivity contribution in [3.63, 3.8) is 0 Å². The van der Waals surface area contributed by atoms with Crippen molar-refractivity contribution < 1.29 is 23.8 Å². The van der Waals surface area contributed by atoms with E-state index in [9.17, 15) is 9.18 Å². The second-order valence-electron chi connectivity index (χ2n) is 7.70. The third-order valence-electron chi connectivity index (χ3n) is 5.27. The fourth-order valence-electron chi connectivity index (χ4n) is 3.61. The summed E-state index contributed by atoms with van der Waals surface area (Å²) in [6.45, 7) is 8.51. The third kappa shape index (κ3) is 9.08. The molecule has 1 fully saturated rings. The molecule has 3 rings (SSSR count). The maximum Gasteiger partial charge on any atom is 0.290 e. The highest BCUT2D eigenvalue weighted by atomic mass is 19.1. The van der Waals surface area contributed by atoms with Gasteiger partial charge in [0.2, 0.25) is 0 Å². The van der Waals surface area contributed by atoms with E-state index in [1.165, 1.54) is 43.7 Å². The van der Waals surface area contributed by atoms with Crippen molar-refractivity contribution in [2.45, 2.75) is 66.4 Å². The molecule has 5 nitrogen and oxygen atoms in total. The van der Waals surface area contributed by atoms with Crippen LogP contribution in [0, 0.1) is 25.6 Å². The first kappa shape index (κ1) is 27.1. The molecule has 176 valence electrons. The van der Waals surface area contributed by atoms with E-state index in [1.807, 2.05) is 45.0 Å². The Hall–Kier alpha value is -2.89. The summed E-state index contributed by atoms with van der Waals surface area (Å²) >= 11 is 0. The Morgan fingerprint density at radius 3 is 2.28 bits per heavy atom. The monoisotopic (exact) mass is 445 g/mol. The molecule has 0 aliphatic heterocycles. The minimum absolute atomic E-state index is 0.208. The van der Waals surface area contributed by atoms with E-state index in [4.69, 9.17) is 14.6 Å². The highest BCUT2D eigenvalue weighted by Crippen LogP contribution is 2.26. The number of nitrogens with one attached hydrogen (secondary N) is 1. The van der Waals surface area contributed by atoms with Crippen LogP contribution in [0.4, 0.5) is 4.39 Å². The summed E-state index contributed by atoms with van der Waals surface area (Å²) in [6.07, 6.45) is 6.10. The van der Waals surface area contributed by atoms with Crippen molar-refractivity contribution in [1.29, 1.82) is 0 Å². The van der Waals surface area contributed by atoms with E-state index < -0.39 is 5.82 Å². The van der Waals surface area contributed by atoms with Gasteiger partial charge in [-0.05, 0) is 55.9 Å². The Balaban J connectivity index is 0.000000944. The molecule has 1 aliphatic rings. The number of ether oxygens (including phenoxy) is 1. The molecule has 0 heterocycles. The van der Waals surface area contributed by atoms with Gasteiger partial charge in [0.25, 0.3) is 12.4 Å². The van der Waals surface area contributed by atoms with Crippen molar-refractivity contribution >= 4 is 12.4 Å². The molecule has 2 aromatic carbocycles. The maximum absolute atomic E-state index is 14.5. The first-order chi connectivity index (χ1) is 15.4. The summed E-state index contributed by atoms with van der Waals surface area (Å²) in [7, 11) is 0. The number of benzene rings is 2. The minimum atomic E-state index is -0.495. The van der Waals surface area contributed by atoms with Crippen LogP contribution in [0.2, 0.25) is 0 Å². The molecule has 2 N–H and O–H groups in total. The number of amides is 1. The van der Waals surface area contributed by atoms with Gasteiger partial charge >= 0.3 is 0 Å². The number of aryl methyl sites for hydroxylation is 2. The van der Waals surface area contributed by atoms with Crippen molar-refractivity contribution in [3.8, 4) is 5.75 Å².